The summed E-state index contributed by atoms with van der Waals surface area (Å²) in [4.78, 5) is 25.7. The van der Waals surface area contributed by atoms with E-state index in [4.69, 9.17) is 0 Å². The molecule has 1 aromatic rings. The summed E-state index contributed by atoms with van der Waals surface area (Å²) in [5, 5.41) is 2.24. The minimum atomic E-state index is -0.824. The highest BCUT2D eigenvalue weighted by atomic mass is 19.1. The van der Waals surface area contributed by atoms with Gasteiger partial charge in [-0.05, 0) is 32.4 Å². The van der Waals surface area contributed by atoms with Crippen molar-refractivity contribution in [3.63, 3.8) is 0 Å². The maximum absolute atomic E-state index is 13.5. The van der Waals surface area contributed by atoms with Gasteiger partial charge >= 0.3 is 0 Å². The molecule has 2 atom stereocenters. The first-order chi connectivity index (χ1) is 9.99. The number of anilines is 1. The van der Waals surface area contributed by atoms with Crippen molar-refractivity contribution in [2.24, 2.45) is 11.8 Å². The minimum absolute atomic E-state index is 0.0749. The number of para-hydroxylation sites is 1. The first kappa shape index (κ1) is 15.4. The highest BCUT2D eigenvalue weighted by Crippen LogP contribution is 2.41. The van der Waals surface area contributed by atoms with E-state index in [0.717, 1.165) is 12.1 Å². The molecular weight excluding hydrogens is 278 g/mol. The fourth-order valence-corrected chi connectivity index (χ4v) is 2.36. The van der Waals surface area contributed by atoms with Crippen LogP contribution in [0.1, 0.15) is 20.3 Å². The summed E-state index contributed by atoms with van der Waals surface area (Å²) in [6, 6.07) is 3.37. The van der Waals surface area contributed by atoms with Crippen LogP contribution in [0.15, 0.2) is 18.2 Å². The number of nitrogens with one attached hydrogen (secondary N) is 1. The number of halogens is 2. The fraction of sp³-hybridized carbons (Fsp3) is 0.467. The molecular formula is C15H18F2N2O2. The third kappa shape index (κ3) is 3.20. The summed E-state index contributed by atoms with van der Waals surface area (Å²) >= 11 is 0. The Morgan fingerprint density at radius 1 is 1.19 bits per heavy atom. The molecule has 0 saturated heterocycles. The highest BCUT2D eigenvalue weighted by Gasteiger charge is 2.49. The zero-order valence-corrected chi connectivity index (χ0v) is 12.0. The molecule has 4 nitrogen and oxygen atoms in total. The molecule has 1 aliphatic carbocycles. The van der Waals surface area contributed by atoms with Crippen LogP contribution < -0.4 is 5.32 Å². The molecule has 0 spiro atoms. The largest absolute Gasteiger partial charge is 0.343 e. The van der Waals surface area contributed by atoms with Crippen LogP contribution in [0.4, 0.5) is 14.5 Å². The quantitative estimate of drug-likeness (QED) is 0.907. The van der Waals surface area contributed by atoms with E-state index in [0.29, 0.717) is 19.5 Å². The van der Waals surface area contributed by atoms with Crippen LogP contribution in [-0.4, -0.2) is 29.8 Å². The topological polar surface area (TPSA) is 49.4 Å². The average Bonchev–Trinajstić information content (AvgIpc) is 3.24. The zero-order valence-electron chi connectivity index (χ0n) is 12.0. The van der Waals surface area contributed by atoms with Crippen molar-refractivity contribution < 1.29 is 18.4 Å². The van der Waals surface area contributed by atoms with Gasteiger partial charge in [0.1, 0.15) is 17.3 Å². The molecule has 6 heteroatoms. The summed E-state index contributed by atoms with van der Waals surface area (Å²) in [6.07, 6.45) is 0.428. The van der Waals surface area contributed by atoms with Gasteiger partial charge in [0.15, 0.2) is 0 Å². The molecule has 0 heterocycles. The van der Waals surface area contributed by atoms with E-state index in [1.165, 1.54) is 6.07 Å². The third-order valence-electron chi connectivity index (χ3n) is 3.73. The molecule has 0 aromatic heterocycles. The van der Waals surface area contributed by atoms with Crippen LogP contribution in [0.3, 0.4) is 0 Å². The Morgan fingerprint density at radius 3 is 2.29 bits per heavy atom. The van der Waals surface area contributed by atoms with Gasteiger partial charge in [0.2, 0.25) is 11.8 Å². The first-order valence-electron chi connectivity index (χ1n) is 7.03. The number of carbonyl (C=O) groups is 2. The molecule has 1 fully saturated rings. The standard InChI is InChI=1S/C15H18F2N2O2/c1-3-19(4-2)15(21)10-8-9(10)14(20)18-13-11(16)6-5-7-12(13)17/h5-7,9-10H,3-4,8H2,1-2H3,(H,18,20). The molecule has 21 heavy (non-hydrogen) atoms. The third-order valence-corrected chi connectivity index (χ3v) is 3.73. The predicted molar refractivity (Wildman–Crippen MR) is 74.5 cm³/mol. The summed E-state index contributed by atoms with van der Waals surface area (Å²) in [5.41, 5.74) is -0.455. The Kier molecular flexibility index (Phi) is 4.55. The average molecular weight is 296 g/mol. The molecule has 1 aliphatic rings. The Hall–Kier alpha value is -1.98. The van der Waals surface area contributed by atoms with Crippen LogP contribution in [0.25, 0.3) is 0 Å². The Bertz CT molecular complexity index is 538. The van der Waals surface area contributed by atoms with Crippen molar-refractivity contribution >= 4 is 17.5 Å². The van der Waals surface area contributed by atoms with Crippen molar-refractivity contribution in [1.82, 2.24) is 4.90 Å². The maximum atomic E-state index is 13.5. The number of hydrogen-bond acceptors (Lipinski definition) is 2. The second kappa shape index (κ2) is 6.20. The first-order valence-corrected chi connectivity index (χ1v) is 7.03. The van der Waals surface area contributed by atoms with Gasteiger partial charge in [-0.25, -0.2) is 8.78 Å². The van der Waals surface area contributed by atoms with Crippen LogP contribution in [0, 0.1) is 23.5 Å². The zero-order chi connectivity index (χ0) is 15.6. The summed E-state index contributed by atoms with van der Waals surface area (Å²) < 4.78 is 26.9. The second-order valence-corrected chi connectivity index (χ2v) is 5.05. The highest BCUT2D eigenvalue weighted by molar-refractivity contribution is 5.99. The van der Waals surface area contributed by atoms with E-state index in [1.54, 1.807) is 4.90 Å². The van der Waals surface area contributed by atoms with Crippen LogP contribution in [-0.2, 0) is 9.59 Å². The second-order valence-electron chi connectivity index (χ2n) is 5.05. The van der Waals surface area contributed by atoms with E-state index in [-0.39, 0.29) is 11.8 Å². The lowest BCUT2D eigenvalue weighted by Gasteiger charge is -2.18. The lowest BCUT2D eigenvalue weighted by molar-refractivity contribution is -0.133. The molecule has 2 unspecified atom stereocenters. The molecule has 114 valence electrons. The number of rotatable bonds is 5. The van der Waals surface area contributed by atoms with Crippen LogP contribution in [0.2, 0.25) is 0 Å². The molecule has 1 aromatic carbocycles. The van der Waals surface area contributed by atoms with Gasteiger partial charge in [0, 0.05) is 13.1 Å². The van der Waals surface area contributed by atoms with Gasteiger partial charge in [-0.3, -0.25) is 9.59 Å². The molecule has 0 bridgehead atoms. The van der Waals surface area contributed by atoms with E-state index < -0.39 is 29.1 Å². The minimum Gasteiger partial charge on any atom is -0.343 e. The molecule has 0 radical (unpaired) electrons. The van der Waals surface area contributed by atoms with Gasteiger partial charge in [-0.15, -0.1) is 0 Å². The van der Waals surface area contributed by atoms with Crippen molar-refractivity contribution in [2.45, 2.75) is 20.3 Å². The molecule has 2 amide bonds. The summed E-state index contributed by atoms with van der Waals surface area (Å²) in [5.74, 6) is -3.11. The Balaban J connectivity index is 1.99. The number of carbonyl (C=O) groups excluding carboxylic acids is 2. The van der Waals surface area contributed by atoms with E-state index in [2.05, 4.69) is 5.32 Å². The van der Waals surface area contributed by atoms with Crippen molar-refractivity contribution in [2.75, 3.05) is 18.4 Å². The smallest absolute Gasteiger partial charge is 0.228 e. The van der Waals surface area contributed by atoms with Crippen molar-refractivity contribution in [3.05, 3.63) is 29.8 Å². The van der Waals surface area contributed by atoms with Gasteiger partial charge in [-0.1, -0.05) is 6.07 Å². The lowest BCUT2D eigenvalue weighted by atomic mass is 10.2. The van der Waals surface area contributed by atoms with Gasteiger partial charge in [0.05, 0.1) is 11.8 Å². The molecule has 2 rings (SSSR count). The van der Waals surface area contributed by atoms with Gasteiger partial charge in [-0.2, -0.15) is 0 Å². The normalized spacial score (nSPS) is 20.0. The number of amides is 2. The molecule has 1 N–H and O–H groups in total. The predicted octanol–water partition coefficient (Wildman–Crippen LogP) is 2.41. The Morgan fingerprint density at radius 2 is 1.76 bits per heavy atom. The van der Waals surface area contributed by atoms with E-state index >= 15 is 0 Å². The van der Waals surface area contributed by atoms with Crippen LogP contribution in [0.5, 0.6) is 0 Å². The van der Waals surface area contributed by atoms with Crippen molar-refractivity contribution in [3.8, 4) is 0 Å². The summed E-state index contributed by atoms with van der Waals surface area (Å²) in [7, 11) is 0. The lowest BCUT2D eigenvalue weighted by Crippen LogP contribution is -2.33. The van der Waals surface area contributed by atoms with Gasteiger partial charge < -0.3 is 10.2 Å². The monoisotopic (exact) mass is 296 g/mol. The van der Waals surface area contributed by atoms with Gasteiger partial charge in [0.25, 0.3) is 0 Å². The number of hydrogen-bond donors (Lipinski definition) is 1. The maximum Gasteiger partial charge on any atom is 0.228 e. The van der Waals surface area contributed by atoms with E-state index in [1.807, 2.05) is 13.8 Å². The number of nitrogens with zero attached hydrogens (tertiary/aromatic N) is 1. The fourth-order valence-electron chi connectivity index (χ4n) is 2.36. The summed E-state index contributed by atoms with van der Waals surface area (Å²) in [6.45, 7) is 4.91. The van der Waals surface area contributed by atoms with Crippen LogP contribution >= 0.6 is 0 Å². The van der Waals surface area contributed by atoms with E-state index in [9.17, 15) is 18.4 Å². The van der Waals surface area contributed by atoms with Crippen molar-refractivity contribution in [1.29, 1.82) is 0 Å². The number of benzene rings is 1. The Labute approximate surface area is 122 Å². The SMILES string of the molecule is CCN(CC)C(=O)C1CC1C(=O)Nc1c(F)cccc1F. The molecule has 0 aliphatic heterocycles. The molecule has 1 saturated carbocycles.